The van der Waals surface area contributed by atoms with Crippen LogP contribution in [0.15, 0.2) is 0 Å². The molecule has 0 fully saturated rings. The first-order chi connectivity index (χ1) is 12.6. The summed E-state index contributed by atoms with van der Waals surface area (Å²) in [5.41, 5.74) is 5.64. The molecule has 0 radical (unpaired) electrons. The zero-order chi connectivity index (χ0) is 23.4. The van der Waals surface area contributed by atoms with Gasteiger partial charge < -0.3 is 26.3 Å². The second kappa shape index (κ2) is 10.8. The smallest absolute Gasteiger partial charge is 0.314 e. The Labute approximate surface area is 187 Å². The molecule has 0 amide bonds. The van der Waals surface area contributed by atoms with E-state index in [0.717, 1.165) is 25.4 Å². The van der Waals surface area contributed by atoms with Gasteiger partial charge in [-0.05, 0) is 104 Å². The molecule has 2 N–H and O–H groups in total. The topological polar surface area (TPSA) is 72.2 Å². The first-order valence-corrected chi connectivity index (χ1v) is 28.6. The van der Waals surface area contributed by atoms with Crippen molar-refractivity contribution < 1.29 is 20.6 Å². The molecule has 0 aromatic heterocycles. The van der Waals surface area contributed by atoms with Gasteiger partial charge in [0, 0.05) is 0 Å². The normalized spacial score (nSPS) is 15.1. The maximum absolute atomic E-state index is 6.62. The lowest BCUT2D eigenvalue weighted by atomic mass is 10.3. The molecule has 0 saturated heterocycles. The average Bonchev–Trinajstić information content (AvgIpc) is 2.28. The van der Waals surface area contributed by atoms with E-state index in [-0.39, 0.29) is 0 Å². The van der Waals surface area contributed by atoms with Crippen molar-refractivity contribution in [3.8, 4) is 0 Å². The lowest BCUT2D eigenvalue weighted by molar-refractivity contribution is 0.282. The van der Waals surface area contributed by atoms with Crippen molar-refractivity contribution in [1.29, 1.82) is 0 Å². The van der Waals surface area contributed by atoms with Crippen LogP contribution >= 0.6 is 0 Å². The maximum Gasteiger partial charge on any atom is 0.314 e. The van der Waals surface area contributed by atoms with Crippen molar-refractivity contribution in [2.24, 2.45) is 5.73 Å². The molecule has 0 rings (SSSR count). The van der Waals surface area contributed by atoms with Crippen molar-refractivity contribution in [1.82, 2.24) is 0 Å². The Hall–Kier alpha value is 1.06. The van der Waals surface area contributed by atoms with E-state index in [2.05, 4.69) is 85.1 Å². The fraction of sp³-hybridized carbons (Fsp3) is 1.00. The first-order valence-electron chi connectivity index (χ1n) is 10.8. The van der Waals surface area contributed by atoms with Crippen LogP contribution in [0.2, 0.25) is 91.2 Å². The van der Waals surface area contributed by atoms with Gasteiger partial charge in [0.25, 0.3) is 0 Å². The largest absolute Gasteiger partial charge is 0.437 e. The third kappa shape index (κ3) is 15.5. The summed E-state index contributed by atoms with van der Waals surface area (Å²) >= 11 is 0. The summed E-state index contributed by atoms with van der Waals surface area (Å²) < 4.78 is 32.7. The van der Waals surface area contributed by atoms with Crippen molar-refractivity contribution in [2.75, 3.05) is 6.54 Å². The Morgan fingerprint density at radius 1 is 0.483 bits per heavy atom. The van der Waals surface area contributed by atoms with Gasteiger partial charge in [-0.2, -0.15) is 0 Å². The molecule has 0 saturated carbocycles. The zero-order valence-electron chi connectivity index (χ0n) is 21.4. The fourth-order valence-electron chi connectivity index (χ4n) is 4.01. The fourth-order valence-corrected chi connectivity index (χ4v) is 33.1. The molecule has 29 heavy (non-hydrogen) atoms. The molecule has 0 aromatic rings. The molecule has 0 aliphatic rings. The molecule has 176 valence electrons. The highest BCUT2D eigenvalue weighted by atomic mass is 28.5. The van der Waals surface area contributed by atoms with E-state index < -0.39 is 50.9 Å². The summed E-state index contributed by atoms with van der Waals surface area (Å²) in [5, 5.41) is 0. The summed E-state index contributed by atoms with van der Waals surface area (Å²) in [5.74, 6) is 0. The van der Waals surface area contributed by atoms with E-state index in [1.165, 1.54) is 0 Å². The van der Waals surface area contributed by atoms with Crippen LogP contribution in [-0.4, -0.2) is 57.4 Å². The molecule has 0 aliphatic heterocycles. The quantitative estimate of drug-likeness (QED) is 0.238. The summed E-state index contributed by atoms with van der Waals surface area (Å²) in [7, 11) is -12.8. The van der Waals surface area contributed by atoms with E-state index in [9.17, 15) is 0 Å². The highest BCUT2D eigenvalue weighted by Gasteiger charge is 2.46. The van der Waals surface area contributed by atoms with E-state index in [1.54, 1.807) is 0 Å². The lowest BCUT2D eigenvalue weighted by Crippen LogP contribution is -2.59. The van der Waals surface area contributed by atoms with E-state index in [1.807, 2.05) is 0 Å². The number of rotatable bonds is 14. The number of hydrogen-bond acceptors (Lipinski definition) is 6. The zero-order valence-corrected chi connectivity index (χ0v) is 27.4. The second-order valence-electron chi connectivity index (χ2n) is 11.2. The molecule has 0 aliphatic carbocycles. The van der Waals surface area contributed by atoms with Gasteiger partial charge in [-0.1, -0.05) is 6.42 Å². The summed E-state index contributed by atoms with van der Waals surface area (Å²) in [6, 6.07) is 1.12. The minimum atomic E-state index is -2.42. The maximum atomic E-state index is 6.62. The van der Waals surface area contributed by atoms with Crippen LogP contribution in [0.3, 0.4) is 0 Å². The SMILES string of the molecule is C[Si](C)(C)O[Si](C)(C)O[Si](C)(C)O[Si](C)(C)O[Si](C)(C)O[Si](C)(C)CCCCN. The van der Waals surface area contributed by atoms with Gasteiger partial charge in [-0.25, -0.2) is 0 Å². The summed E-state index contributed by atoms with van der Waals surface area (Å²) in [6.07, 6.45) is 2.18. The van der Waals surface area contributed by atoms with E-state index >= 15 is 0 Å². The molecule has 0 spiro atoms. The van der Waals surface area contributed by atoms with Gasteiger partial charge in [0.2, 0.25) is 0 Å². The third-order valence-electron chi connectivity index (χ3n) is 3.78. The van der Waals surface area contributed by atoms with Crippen molar-refractivity contribution >= 4 is 50.9 Å². The summed E-state index contributed by atoms with van der Waals surface area (Å²) in [4.78, 5) is 0. The van der Waals surface area contributed by atoms with E-state index in [0.29, 0.717) is 0 Å². The van der Waals surface area contributed by atoms with Gasteiger partial charge in [0.1, 0.15) is 0 Å². The predicted molar refractivity (Wildman–Crippen MR) is 139 cm³/mol. The second-order valence-corrected chi connectivity index (χ2v) is 34.8. The number of hydrogen-bond donors (Lipinski definition) is 1. The van der Waals surface area contributed by atoms with Crippen LogP contribution < -0.4 is 5.73 Å². The molecule has 0 unspecified atom stereocenters. The highest BCUT2D eigenvalue weighted by Crippen LogP contribution is 2.28. The van der Waals surface area contributed by atoms with Gasteiger partial charge in [0.15, 0.2) is 16.6 Å². The van der Waals surface area contributed by atoms with Crippen LogP contribution in [-0.2, 0) is 20.6 Å². The van der Waals surface area contributed by atoms with Crippen molar-refractivity contribution in [2.45, 2.75) is 104 Å². The highest BCUT2D eigenvalue weighted by molar-refractivity contribution is 6.91. The Morgan fingerprint density at radius 2 is 0.828 bits per heavy atom. The summed E-state index contributed by atoms with van der Waals surface area (Å²) in [6.45, 7) is 28.9. The minimum Gasteiger partial charge on any atom is -0.437 e. The van der Waals surface area contributed by atoms with E-state index in [4.69, 9.17) is 26.3 Å². The van der Waals surface area contributed by atoms with Gasteiger partial charge >= 0.3 is 34.2 Å². The van der Waals surface area contributed by atoms with Crippen LogP contribution in [0, 0.1) is 0 Å². The van der Waals surface area contributed by atoms with Gasteiger partial charge in [-0.3, -0.25) is 0 Å². The average molecular weight is 516 g/mol. The first kappa shape index (κ1) is 30.1. The molecule has 0 aromatic carbocycles. The molecule has 0 atom stereocenters. The van der Waals surface area contributed by atoms with Gasteiger partial charge in [-0.15, -0.1) is 0 Å². The monoisotopic (exact) mass is 515 g/mol. The predicted octanol–water partition coefficient (Wildman–Crippen LogP) is 5.66. The molecular weight excluding hydrogens is 467 g/mol. The van der Waals surface area contributed by atoms with Crippen LogP contribution in [0.1, 0.15) is 12.8 Å². The molecule has 12 heteroatoms. The van der Waals surface area contributed by atoms with Crippen LogP contribution in [0.25, 0.3) is 0 Å². The Morgan fingerprint density at radius 3 is 1.17 bits per heavy atom. The number of unbranched alkanes of at least 4 members (excludes halogenated alkanes) is 1. The molecule has 0 heterocycles. The van der Waals surface area contributed by atoms with Crippen LogP contribution in [0.4, 0.5) is 0 Å². The van der Waals surface area contributed by atoms with Gasteiger partial charge in [0.05, 0.1) is 0 Å². The molecule has 6 nitrogen and oxygen atoms in total. The minimum absolute atomic E-state index is 0.746. The van der Waals surface area contributed by atoms with Crippen molar-refractivity contribution in [3.05, 3.63) is 0 Å². The third-order valence-corrected chi connectivity index (χ3v) is 25.7. The lowest BCUT2D eigenvalue weighted by Gasteiger charge is -2.43. The Bertz CT molecular complexity index is 509. The van der Waals surface area contributed by atoms with Crippen LogP contribution in [0.5, 0.6) is 0 Å². The Balaban J connectivity index is 5.01. The number of nitrogens with two attached hydrogens (primary N) is 1. The standard InChI is InChI=1S/C17H49NO5Si6/c1-24(2,3)19-26(6,7)21-28(10,11)23-29(12,13)22-27(8,9)20-25(4,5)17-15-14-16-18/h14-18H2,1-13H3. The van der Waals surface area contributed by atoms with Crippen molar-refractivity contribution in [3.63, 3.8) is 0 Å². The molecule has 0 bridgehead atoms. The Kier molecular flexibility index (Phi) is 11.2. The molecular formula is C17H49NO5Si6.